The summed E-state index contributed by atoms with van der Waals surface area (Å²) in [6.45, 7) is 0. The maximum absolute atomic E-state index is 9.87. The summed E-state index contributed by atoms with van der Waals surface area (Å²) in [5, 5.41) is 19.7. The van der Waals surface area contributed by atoms with Crippen molar-refractivity contribution in [1.29, 1.82) is 0 Å². The van der Waals surface area contributed by atoms with Crippen molar-refractivity contribution in [2.24, 2.45) is 0 Å². The van der Waals surface area contributed by atoms with Crippen LogP contribution in [0.5, 0.6) is 0 Å². The van der Waals surface area contributed by atoms with Crippen LogP contribution in [0.2, 0.25) is 0 Å². The molecule has 0 saturated carbocycles. The van der Waals surface area contributed by atoms with E-state index in [1.807, 2.05) is 0 Å². The van der Waals surface area contributed by atoms with Gasteiger partial charge in [-0.05, 0) is 25.0 Å². The molecule has 6 nitrogen and oxygen atoms in total. The molecule has 0 bridgehead atoms. The lowest BCUT2D eigenvalue weighted by Crippen LogP contribution is -2.40. The number of aliphatic hydroxyl groups excluding tert-OH is 2. The Morgan fingerprint density at radius 3 is 1.55 bits per heavy atom. The van der Waals surface area contributed by atoms with E-state index in [0.29, 0.717) is 12.8 Å². The third-order valence-corrected chi connectivity index (χ3v) is 3.51. The Kier molecular flexibility index (Phi) is 5.71. The summed E-state index contributed by atoms with van der Waals surface area (Å²) in [5.41, 5.74) is 0. The van der Waals surface area contributed by atoms with Crippen molar-refractivity contribution < 1.29 is 29.2 Å². The third-order valence-electron chi connectivity index (χ3n) is 3.51. The number of rotatable bonds is 5. The second-order valence-corrected chi connectivity index (χ2v) is 4.89. The molecule has 0 amide bonds. The predicted molar refractivity (Wildman–Crippen MR) is 70.9 cm³/mol. The van der Waals surface area contributed by atoms with Gasteiger partial charge in [0.05, 0.1) is 24.4 Å². The molecule has 2 N–H and O–H groups in total. The molecule has 0 fully saturated rings. The van der Waals surface area contributed by atoms with Crippen molar-refractivity contribution in [1.82, 2.24) is 0 Å². The normalized spacial score (nSPS) is 41.0. The highest BCUT2D eigenvalue weighted by molar-refractivity contribution is 5.02. The van der Waals surface area contributed by atoms with Crippen LogP contribution in [-0.4, -0.2) is 61.4 Å². The van der Waals surface area contributed by atoms with Crippen LogP contribution >= 0.6 is 0 Å². The molecule has 6 atom stereocenters. The summed E-state index contributed by atoms with van der Waals surface area (Å²) < 4.78 is 21.3. The minimum Gasteiger partial charge on any atom is -0.386 e. The van der Waals surface area contributed by atoms with E-state index in [0.717, 1.165) is 0 Å². The predicted octanol–water partition coefficient (Wildman–Crippen LogP) is 0.343. The topological polar surface area (TPSA) is 77.4 Å². The number of methoxy groups -OCH3 is 2. The molecule has 6 heteroatoms. The molecule has 2 aliphatic heterocycles. The first-order chi connectivity index (χ1) is 9.63. The number of ether oxygens (including phenoxy) is 4. The Morgan fingerprint density at radius 2 is 1.20 bits per heavy atom. The lowest BCUT2D eigenvalue weighted by atomic mass is 9.99. The van der Waals surface area contributed by atoms with E-state index < -0.39 is 24.8 Å². The van der Waals surface area contributed by atoms with Crippen molar-refractivity contribution in [2.75, 3.05) is 14.2 Å². The first kappa shape index (κ1) is 15.6. The molecule has 2 heterocycles. The minimum absolute atomic E-state index is 0.368. The van der Waals surface area contributed by atoms with Gasteiger partial charge in [-0.15, -0.1) is 0 Å². The van der Waals surface area contributed by atoms with Gasteiger partial charge in [0.2, 0.25) is 0 Å². The highest BCUT2D eigenvalue weighted by atomic mass is 16.7. The van der Waals surface area contributed by atoms with Crippen LogP contribution in [0.4, 0.5) is 0 Å². The summed E-state index contributed by atoms with van der Waals surface area (Å²) in [7, 11) is 3.09. The van der Waals surface area contributed by atoms with Gasteiger partial charge in [0.25, 0.3) is 0 Å². The summed E-state index contributed by atoms with van der Waals surface area (Å²) >= 11 is 0. The molecule has 0 aliphatic carbocycles. The van der Waals surface area contributed by atoms with Gasteiger partial charge in [-0.3, -0.25) is 0 Å². The Morgan fingerprint density at radius 1 is 0.800 bits per heavy atom. The minimum atomic E-state index is -0.670. The quantitative estimate of drug-likeness (QED) is 0.710. The maximum atomic E-state index is 9.87. The van der Waals surface area contributed by atoms with Crippen molar-refractivity contribution in [3.63, 3.8) is 0 Å². The van der Waals surface area contributed by atoms with Crippen LogP contribution in [0, 0.1) is 0 Å². The fourth-order valence-corrected chi connectivity index (χ4v) is 2.33. The van der Waals surface area contributed by atoms with E-state index in [2.05, 4.69) is 0 Å². The van der Waals surface area contributed by atoms with Gasteiger partial charge >= 0.3 is 0 Å². The molecule has 0 unspecified atom stereocenters. The van der Waals surface area contributed by atoms with Gasteiger partial charge in [0.15, 0.2) is 12.6 Å². The number of aliphatic hydroxyl groups is 2. The first-order valence-electron chi connectivity index (χ1n) is 6.73. The highest BCUT2D eigenvalue weighted by Gasteiger charge is 2.30. The van der Waals surface area contributed by atoms with Crippen LogP contribution in [0.25, 0.3) is 0 Å². The van der Waals surface area contributed by atoms with E-state index in [1.54, 1.807) is 38.5 Å². The van der Waals surface area contributed by atoms with Crippen LogP contribution in [0.15, 0.2) is 24.3 Å². The van der Waals surface area contributed by atoms with Gasteiger partial charge in [-0.2, -0.15) is 0 Å². The lowest BCUT2D eigenvalue weighted by molar-refractivity contribution is -0.177. The molecule has 0 aromatic carbocycles. The van der Waals surface area contributed by atoms with Gasteiger partial charge in [0.1, 0.15) is 0 Å². The average Bonchev–Trinajstić information content (AvgIpc) is 2.48. The zero-order valence-corrected chi connectivity index (χ0v) is 11.7. The van der Waals surface area contributed by atoms with E-state index in [4.69, 9.17) is 18.9 Å². The van der Waals surface area contributed by atoms with Gasteiger partial charge < -0.3 is 29.2 Å². The summed E-state index contributed by atoms with van der Waals surface area (Å²) in [6, 6.07) is 0. The van der Waals surface area contributed by atoms with Crippen molar-refractivity contribution in [3.8, 4) is 0 Å². The third kappa shape index (κ3) is 3.88. The standard InChI is InChI=1S/C14H22O6/c1-17-13-7-3-9(15)11(19-13)5-6-12-10(16)4-8-14(18-2)20-12/h3-4,7-16H,5-6H2,1-2H3/t9-,10+,11-,12-,13+,14+/m1/s1. The number of hydrogen-bond acceptors (Lipinski definition) is 6. The zero-order valence-electron chi connectivity index (χ0n) is 11.7. The van der Waals surface area contributed by atoms with E-state index in [9.17, 15) is 10.2 Å². The van der Waals surface area contributed by atoms with Gasteiger partial charge in [-0.25, -0.2) is 0 Å². The fourth-order valence-electron chi connectivity index (χ4n) is 2.33. The van der Waals surface area contributed by atoms with E-state index in [1.165, 1.54) is 0 Å². The highest BCUT2D eigenvalue weighted by Crippen LogP contribution is 2.23. The molecule has 0 spiro atoms. The molecule has 0 saturated heterocycles. The zero-order chi connectivity index (χ0) is 14.5. The molecule has 2 rings (SSSR count). The van der Waals surface area contributed by atoms with Gasteiger partial charge in [0, 0.05) is 14.2 Å². The Bertz CT molecular complexity index is 322. The fraction of sp³-hybridized carbons (Fsp3) is 0.714. The second-order valence-electron chi connectivity index (χ2n) is 4.89. The van der Waals surface area contributed by atoms with Crippen LogP contribution in [0.3, 0.4) is 0 Å². The molecule has 114 valence electrons. The molecular formula is C14H22O6. The molecule has 2 aliphatic rings. The summed E-state index contributed by atoms with van der Waals surface area (Å²) in [4.78, 5) is 0. The Hall–Kier alpha value is -0.760. The Labute approximate surface area is 118 Å². The van der Waals surface area contributed by atoms with Crippen LogP contribution in [0.1, 0.15) is 12.8 Å². The maximum Gasteiger partial charge on any atom is 0.177 e. The van der Waals surface area contributed by atoms with Gasteiger partial charge in [-0.1, -0.05) is 12.2 Å². The molecular weight excluding hydrogens is 264 g/mol. The largest absolute Gasteiger partial charge is 0.386 e. The molecule has 0 radical (unpaired) electrons. The van der Waals surface area contributed by atoms with E-state index in [-0.39, 0.29) is 12.2 Å². The molecule has 0 aromatic rings. The summed E-state index contributed by atoms with van der Waals surface area (Å²) in [5.74, 6) is 0. The lowest BCUT2D eigenvalue weighted by Gasteiger charge is -2.32. The summed E-state index contributed by atoms with van der Waals surface area (Å²) in [6.07, 6.45) is 4.84. The Balaban J connectivity index is 1.85. The SMILES string of the molecule is CO[C@@H]1C=C[C@@H](O)[C@@H](CC[C@H]2O[C@H](OC)C=C[C@@H]2O)O1. The van der Waals surface area contributed by atoms with Crippen molar-refractivity contribution in [3.05, 3.63) is 24.3 Å². The monoisotopic (exact) mass is 286 g/mol. The molecule has 20 heavy (non-hydrogen) atoms. The smallest absolute Gasteiger partial charge is 0.177 e. The van der Waals surface area contributed by atoms with E-state index >= 15 is 0 Å². The molecule has 0 aromatic heterocycles. The van der Waals surface area contributed by atoms with Crippen LogP contribution in [-0.2, 0) is 18.9 Å². The first-order valence-corrected chi connectivity index (χ1v) is 6.73. The second kappa shape index (κ2) is 7.31. The average molecular weight is 286 g/mol. The van der Waals surface area contributed by atoms with Crippen molar-refractivity contribution in [2.45, 2.75) is 49.8 Å². The van der Waals surface area contributed by atoms with Crippen LogP contribution < -0.4 is 0 Å². The van der Waals surface area contributed by atoms with Crippen molar-refractivity contribution >= 4 is 0 Å². The number of hydrogen-bond donors (Lipinski definition) is 2.